The van der Waals surface area contributed by atoms with Gasteiger partial charge in [-0.15, -0.1) is 0 Å². The van der Waals surface area contributed by atoms with Crippen molar-refractivity contribution in [2.45, 2.75) is 93.9 Å². The van der Waals surface area contributed by atoms with Crippen LogP contribution >= 0.6 is 0 Å². The Labute approximate surface area is 233 Å². The van der Waals surface area contributed by atoms with Gasteiger partial charge in [0.25, 0.3) is 0 Å². The molecule has 0 bridgehead atoms. The number of aryl methyl sites for hydroxylation is 4. The summed E-state index contributed by atoms with van der Waals surface area (Å²) in [7, 11) is -2.53. The molecule has 1 aliphatic carbocycles. The third-order valence-electron chi connectivity index (χ3n) is 9.11. The van der Waals surface area contributed by atoms with E-state index in [1.54, 1.807) is 5.20 Å². The molecular weight excluding hydrogens is 472 g/mol. The topological polar surface area (TPSA) is 0 Å². The van der Waals surface area contributed by atoms with Crippen molar-refractivity contribution in [1.82, 2.24) is 0 Å². The van der Waals surface area contributed by atoms with E-state index >= 15 is 0 Å². The zero-order valence-electron chi connectivity index (χ0n) is 25.2. The predicted octanol–water partition coefficient (Wildman–Crippen LogP) is 8.30. The van der Waals surface area contributed by atoms with Crippen molar-refractivity contribution in [3.05, 3.63) is 111 Å². The molecule has 1 unspecified atom stereocenters. The lowest BCUT2D eigenvalue weighted by atomic mass is 10.1. The molecule has 0 radical (unpaired) electrons. The third kappa shape index (κ3) is 5.28. The molecule has 3 aromatic carbocycles. The molecule has 0 amide bonds. The minimum absolute atomic E-state index is 0.446. The molecule has 0 N–H and O–H groups in total. The van der Waals surface area contributed by atoms with Crippen molar-refractivity contribution in [2.24, 2.45) is 5.92 Å². The SMILES string of the molecule is CCCCc1ccc([Si](C2=C(C)C(C)=C(C)C2C)(c2ccc(CCCC)cc2)c2cc(C)cc(C)c2)cc1. The van der Waals surface area contributed by atoms with Crippen molar-refractivity contribution in [2.75, 3.05) is 0 Å². The molecule has 1 atom stereocenters. The van der Waals surface area contributed by atoms with Crippen molar-refractivity contribution in [1.29, 1.82) is 0 Å². The lowest BCUT2D eigenvalue weighted by Crippen LogP contribution is -2.69. The standard InChI is InChI=1S/C37H48Si/c1-9-11-13-32-15-19-34(20-16-32)38(36-24-26(3)23-27(4)25-36,37-30(7)28(5)29(6)31(37)8)35-21-17-33(18-22-35)14-12-10-2/h15-25,30H,9-14H2,1-8H3. The third-order valence-corrected chi connectivity index (χ3v) is 14.3. The van der Waals surface area contributed by atoms with Crippen LogP contribution in [0, 0.1) is 19.8 Å². The summed E-state index contributed by atoms with van der Waals surface area (Å²) in [4.78, 5) is 0. The molecule has 38 heavy (non-hydrogen) atoms. The Hall–Kier alpha value is -2.64. The number of benzene rings is 3. The van der Waals surface area contributed by atoms with E-state index in [2.05, 4.69) is 122 Å². The van der Waals surface area contributed by atoms with Gasteiger partial charge in [-0.3, -0.25) is 0 Å². The minimum atomic E-state index is -2.53. The van der Waals surface area contributed by atoms with Crippen molar-refractivity contribution in [3.63, 3.8) is 0 Å². The van der Waals surface area contributed by atoms with Crippen LogP contribution in [0.1, 0.15) is 89.5 Å². The number of rotatable bonds is 10. The average molecular weight is 521 g/mol. The normalized spacial score (nSPS) is 16.1. The second-order valence-corrected chi connectivity index (χ2v) is 15.6. The van der Waals surface area contributed by atoms with Gasteiger partial charge >= 0.3 is 0 Å². The van der Waals surface area contributed by atoms with E-state index in [1.807, 2.05) is 0 Å². The fraction of sp³-hybridized carbons (Fsp3) is 0.405. The van der Waals surface area contributed by atoms with Gasteiger partial charge in [0, 0.05) is 0 Å². The van der Waals surface area contributed by atoms with Crippen LogP contribution < -0.4 is 15.6 Å². The lowest BCUT2D eigenvalue weighted by Gasteiger charge is -2.39. The molecule has 1 aliphatic rings. The quantitative estimate of drug-likeness (QED) is 0.186. The Bertz CT molecular complexity index is 1250. The Morgan fingerprint density at radius 1 is 0.579 bits per heavy atom. The first kappa shape index (κ1) is 28.4. The molecule has 0 aromatic heterocycles. The summed E-state index contributed by atoms with van der Waals surface area (Å²) in [6, 6.07) is 27.0. The summed E-state index contributed by atoms with van der Waals surface area (Å²) in [5, 5.41) is 6.25. The molecule has 0 saturated heterocycles. The van der Waals surface area contributed by atoms with Crippen molar-refractivity contribution in [3.8, 4) is 0 Å². The van der Waals surface area contributed by atoms with E-state index < -0.39 is 8.07 Å². The summed E-state index contributed by atoms with van der Waals surface area (Å²) in [6.45, 7) is 18.7. The highest BCUT2D eigenvalue weighted by molar-refractivity contribution is 7.16. The van der Waals surface area contributed by atoms with Crippen LogP contribution in [-0.4, -0.2) is 8.07 Å². The van der Waals surface area contributed by atoms with Gasteiger partial charge in [0.15, 0.2) is 8.07 Å². The second kappa shape index (κ2) is 12.0. The van der Waals surface area contributed by atoms with Crippen LogP contribution in [0.25, 0.3) is 0 Å². The summed E-state index contributed by atoms with van der Waals surface area (Å²) in [6.07, 6.45) is 7.31. The van der Waals surface area contributed by atoms with Crippen LogP contribution in [0.4, 0.5) is 0 Å². The average Bonchev–Trinajstić information content (AvgIpc) is 3.10. The second-order valence-electron chi connectivity index (χ2n) is 11.8. The first-order valence-corrected chi connectivity index (χ1v) is 16.9. The Balaban J connectivity index is 2.06. The zero-order valence-corrected chi connectivity index (χ0v) is 26.2. The minimum Gasteiger partial charge on any atom is -0.0654 e. The Kier molecular flexibility index (Phi) is 8.99. The van der Waals surface area contributed by atoms with Gasteiger partial charge in [-0.1, -0.05) is 128 Å². The summed E-state index contributed by atoms with van der Waals surface area (Å²) in [5.41, 5.74) is 10.2. The Morgan fingerprint density at radius 2 is 1.03 bits per heavy atom. The first-order valence-electron chi connectivity index (χ1n) is 14.9. The monoisotopic (exact) mass is 520 g/mol. The van der Waals surface area contributed by atoms with Crippen LogP contribution in [0.15, 0.2) is 88.6 Å². The maximum atomic E-state index is 2.51. The van der Waals surface area contributed by atoms with E-state index in [0.717, 1.165) is 0 Å². The van der Waals surface area contributed by atoms with Gasteiger partial charge in [-0.25, -0.2) is 0 Å². The van der Waals surface area contributed by atoms with Gasteiger partial charge in [-0.05, 0) is 98.5 Å². The summed E-state index contributed by atoms with van der Waals surface area (Å²) in [5.74, 6) is 0.446. The zero-order chi connectivity index (χ0) is 27.4. The van der Waals surface area contributed by atoms with Gasteiger partial charge in [0.05, 0.1) is 0 Å². The maximum Gasteiger partial charge on any atom is 0.176 e. The number of allylic oxidation sites excluding steroid dienone is 4. The fourth-order valence-corrected chi connectivity index (χ4v) is 12.5. The predicted molar refractivity (Wildman–Crippen MR) is 171 cm³/mol. The highest BCUT2D eigenvalue weighted by atomic mass is 28.3. The van der Waals surface area contributed by atoms with E-state index in [4.69, 9.17) is 0 Å². The largest absolute Gasteiger partial charge is 0.176 e. The molecular formula is C37H48Si. The van der Waals surface area contributed by atoms with Crippen molar-refractivity contribution < 1.29 is 0 Å². The maximum absolute atomic E-state index is 2.53. The van der Waals surface area contributed by atoms with Gasteiger partial charge in [0.2, 0.25) is 0 Å². The van der Waals surface area contributed by atoms with Crippen LogP contribution in [-0.2, 0) is 12.8 Å². The van der Waals surface area contributed by atoms with Crippen LogP contribution in [0.2, 0.25) is 0 Å². The van der Waals surface area contributed by atoms with Gasteiger partial charge < -0.3 is 0 Å². The van der Waals surface area contributed by atoms with Crippen LogP contribution in [0.5, 0.6) is 0 Å². The van der Waals surface area contributed by atoms with E-state index in [0.29, 0.717) is 5.92 Å². The van der Waals surface area contributed by atoms with Crippen molar-refractivity contribution >= 4 is 23.6 Å². The number of hydrogen-bond acceptors (Lipinski definition) is 0. The van der Waals surface area contributed by atoms with Crippen LogP contribution in [0.3, 0.4) is 0 Å². The molecule has 0 aliphatic heterocycles. The fourth-order valence-electron chi connectivity index (χ4n) is 6.73. The molecule has 0 spiro atoms. The number of unbranched alkanes of at least 4 members (excludes halogenated alkanes) is 2. The highest BCUT2D eigenvalue weighted by Crippen LogP contribution is 2.41. The summed E-state index contributed by atoms with van der Waals surface area (Å²) < 4.78 is 0. The van der Waals surface area contributed by atoms with E-state index in [-0.39, 0.29) is 0 Å². The number of hydrogen-bond donors (Lipinski definition) is 0. The van der Waals surface area contributed by atoms with E-state index in [9.17, 15) is 0 Å². The Morgan fingerprint density at radius 3 is 1.39 bits per heavy atom. The molecule has 1 heteroatoms. The molecule has 0 saturated carbocycles. The molecule has 3 aromatic rings. The molecule has 4 rings (SSSR count). The van der Waals surface area contributed by atoms with E-state index in [1.165, 1.54) is 93.1 Å². The lowest BCUT2D eigenvalue weighted by molar-refractivity contribution is 0.795. The first-order chi connectivity index (χ1) is 18.2. The highest BCUT2D eigenvalue weighted by Gasteiger charge is 2.48. The molecule has 0 nitrogen and oxygen atoms in total. The molecule has 200 valence electrons. The van der Waals surface area contributed by atoms with Gasteiger partial charge in [0.1, 0.15) is 0 Å². The summed E-state index contributed by atoms with van der Waals surface area (Å²) >= 11 is 0. The molecule has 0 fully saturated rings. The smallest absolute Gasteiger partial charge is 0.0654 e. The molecule has 0 heterocycles. The van der Waals surface area contributed by atoms with Gasteiger partial charge in [-0.2, -0.15) is 0 Å².